The third-order valence-corrected chi connectivity index (χ3v) is 7.30. The Morgan fingerprint density at radius 2 is 1.52 bits per heavy atom. The number of carbonyl (C=O) groups is 4. The normalized spacial score (nSPS) is 16.5. The Hall–Kier alpha value is -3.99. The van der Waals surface area contributed by atoms with Crippen LogP contribution in [0.15, 0.2) is 66.9 Å². The van der Waals surface area contributed by atoms with Gasteiger partial charge in [0.25, 0.3) is 11.7 Å². The minimum absolute atomic E-state index is 0.0322. The number of benzene rings is 2. The van der Waals surface area contributed by atoms with Gasteiger partial charge in [0, 0.05) is 12.6 Å². The number of amides is 2. The Morgan fingerprint density at radius 1 is 0.950 bits per heavy atom. The van der Waals surface area contributed by atoms with Gasteiger partial charge in [-0.15, -0.1) is 0 Å². The molecular formula is C29H35N3O7S. The number of carbonyl (C=O) groups excluding carboxylic acids is 4. The highest BCUT2D eigenvalue weighted by Crippen LogP contribution is 2.31. The average Bonchev–Trinajstić information content (AvgIpc) is 2.88. The smallest absolute Gasteiger partial charge is 0.377 e. The van der Waals surface area contributed by atoms with Gasteiger partial charge in [-0.25, -0.2) is 13.2 Å². The molecule has 0 saturated heterocycles. The Bertz CT molecular complexity index is 1370. The van der Waals surface area contributed by atoms with Gasteiger partial charge in [-0.3, -0.25) is 23.6 Å². The largest absolute Gasteiger partial charge is 0.457 e. The number of hydrogen-bond donors (Lipinski definition) is 1. The molecule has 1 N–H and O–H groups in total. The maximum absolute atomic E-state index is 13.7. The topological polar surface area (TPSA) is 130 Å². The van der Waals surface area contributed by atoms with E-state index < -0.39 is 64.2 Å². The zero-order valence-electron chi connectivity index (χ0n) is 23.2. The van der Waals surface area contributed by atoms with Crippen molar-refractivity contribution in [3.63, 3.8) is 0 Å². The van der Waals surface area contributed by atoms with Crippen LogP contribution in [0.2, 0.25) is 0 Å². The number of Topliss-reactive ketones (excluding diaryl/α,β-unsaturated/α-hetero) is 1. The van der Waals surface area contributed by atoms with Crippen molar-refractivity contribution >= 4 is 39.3 Å². The molecule has 2 aromatic rings. The molecular weight excluding hydrogens is 534 g/mol. The molecule has 0 saturated carbocycles. The fraction of sp³-hybridized carbons (Fsp3) is 0.379. The summed E-state index contributed by atoms with van der Waals surface area (Å²) in [5, 5.41) is 2.60. The standard InChI is InChI=1S/C29H35N3O7S/c1-19(2)26-28(35)31(24(17-32(26)40(5,37)38)22-14-10-7-11-15-22)18-25(33)30-23(16-21-12-8-6-9-13-21)27(34)29(36)39-20(3)4/h6-15,17,19-20,23,26H,16,18H2,1-5H3,(H,30,33)/t23-,26?/m0/s1. The summed E-state index contributed by atoms with van der Waals surface area (Å²) in [6, 6.07) is 15.2. The Kier molecular flexibility index (Phi) is 9.86. The summed E-state index contributed by atoms with van der Waals surface area (Å²) in [6.45, 7) is 6.16. The van der Waals surface area contributed by atoms with E-state index in [1.54, 1.807) is 88.4 Å². The number of ketones is 1. The monoisotopic (exact) mass is 569 g/mol. The van der Waals surface area contributed by atoms with E-state index in [1.807, 2.05) is 0 Å². The van der Waals surface area contributed by atoms with Crippen LogP contribution in [0.4, 0.5) is 0 Å². The molecule has 214 valence electrons. The van der Waals surface area contributed by atoms with Crippen molar-refractivity contribution in [3.05, 3.63) is 78.0 Å². The highest BCUT2D eigenvalue weighted by atomic mass is 32.2. The first-order chi connectivity index (χ1) is 18.8. The van der Waals surface area contributed by atoms with Crippen LogP contribution < -0.4 is 5.32 Å². The van der Waals surface area contributed by atoms with E-state index in [0.29, 0.717) is 11.1 Å². The number of hydrogen-bond acceptors (Lipinski definition) is 7. The number of nitrogens with zero attached hydrogens (tertiary/aromatic N) is 2. The highest BCUT2D eigenvalue weighted by molar-refractivity contribution is 7.88. The molecule has 2 atom stereocenters. The lowest BCUT2D eigenvalue weighted by Gasteiger charge is -2.40. The highest BCUT2D eigenvalue weighted by Gasteiger charge is 2.42. The minimum atomic E-state index is -3.82. The van der Waals surface area contributed by atoms with Crippen molar-refractivity contribution < 1.29 is 32.3 Å². The lowest BCUT2D eigenvalue weighted by Crippen LogP contribution is -2.57. The molecule has 40 heavy (non-hydrogen) atoms. The fourth-order valence-electron chi connectivity index (χ4n) is 4.40. The van der Waals surface area contributed by atoms with Crippen molar-refractivity contribution in [2.75, 3.05) is 12.8 Å². The van der Waals surface area contributed by atoms with Crippen molar-refractivity contribution in [3.8, 4) is 0 Å². The van der Waals surface area contributed by atoms with Gasteiger partial charge in [0.05, 0.1) is 18.1 Å². The number of ether oxygens (including phenoxy) is 1. The van der Waals surface area contributed by atoms with Crippen molar-refractivity contribution in [1.82, 2.24) is 14.5 Å². The Morgan fingerprint density at radius 3 is 2.05 bits per heavy atom. The summed E-state index contributed by atoms with van der Waals surface area (Å²) in [4.78, 5) is 53.8. The van der Waals surface area contributed by atoms with E-state index in [2.05, 4.69) is 5.32 Å². The van der Waals surface area contributed by atoms with Crippen LogP contribution in [-0.2, 0) is 40.4 Å². The van der Waals surface area contributed by atoms with Gasteiger partial charge < -0.3 is 10.1 Å². The average molecular weight is 570 g/mol. The third kappa shape index (κ3) is 7.56. The molecule has 0 aromatic heterocycles. The maximum Gasteiger partial charge on any atom is 0.377 e. The second kappa shape index (κ2) is 12.9. The molecule has 1 unspecified atom stereocenters. The third-order valence-electron chi connectivity index (χ3n) is 6.20. The molecule has 3 rings (SSSR count). The molecule has 2 aromatic carbocycles. The first kappa shape index (κ1) is 30.6. The van der Waals surface area contributed by atoms with E-state index in [9.17, 15) is 27.6 Å². The zero-order chi connectivity index (χ0) is 29.6. The second-order valence-electron chi connectivity index (χ2n) is 10.2. The Balaban J connectivity index is 1.96. The minimum Gasteiger partial charge on any atom is -0.457 e. The summed E-state index contributed by atoms with van der Waals surface area (Å²) in [7, 11) is -3.82. The Labute approximate surface area is 235 Å². The molecule has 0 spiro atoms. The van der Waals surface area contributed by atoms with Crippen LogP contribution in [-0.4, -0.2) is 72.2 Å². The summed E-state index contributed by atoms with van der Waals surface area (Å²) >= 11 is 0. The van der Waals surface area contributed by atoms with Crippen molar-refractivity contribution in [2.24, 2.45) is 5.92 Å². The zero-order valence-corrected chi connectivity index (χ0v) is 24.1. The van der Waals surface area contributed by atoms with Crippen LogP contribution in [0.5, 0.6) is 0 Å². The van der Waals surface area contributed by atoms with Crippen LogP contribution in [0.1, 0.15) is 38.8 Å². The van der Waals surface area contributed by atoms with Gasteiger partial charge in [0.15, 0.2) is 0 Å². The number of rotatable bonds is 11. The first-order valence-corrected chi connectivity index (χ1v) is 14.8. The molecule has 0 fully saturated rings. The van der Waals surface area contributed by atoms with Gasteiger partial charge in [0.2, 0.25) is 15.9 Å². The first-order valence-electron chi connectivity index (χ1n) is 12.9. The lowest BCUT2D eigenvalue weighted by atomic mass is 9.99. The maximum atomic E-state index is 13.7. The number of sulfonamides is 1. The van der Waals surface area contributed by atoms with Crippen LogP contribution in [0.25, 0.3) is 5.70 Å². The van der Waals surface area contributed by atoms with Gasteiger partial charge in [-0.1, -0.05) is 74.5 Å². The van der Waals surface area contributed by atoms with E-state index in [1.165, 1.54) is 11.1 Å². The predicted octanol–water partition coefficient (Wildman–Crippen LogP) is 2.36. The van der Waals surface area contributed by atoms with E-state index in [-0.39, 0.29) is 12.1 Å². The van der Waals surface area contributed by atoms with Gasteiger partial charge in [-0.2, -0.15) is 0 Å². The predicted molar refractivity (Wildman–Crippen MR) is 150 cm³/mol. The molecule has 0 radical (unpaired) electrons. The number of esters is 1. The molecule has 2 amide bonds. The van der Waals surface area contributed by atoms with Crippen molar-refractivity contribution in [1.29, 1.82) is 0 Å². The summed E-state index contributed by atoms with van der Waals surface area (Å²) in [6.07, 6.45) is 1.88. The summed E-state index contributed by atoms with van der Waals surface area (Å²) in [5.74, 6) is -3.67. The molecule has 1 aliphatic rings. The summed E-state index contributed by atoms with van der Waals surface area (Å²) in [5.41, 5.74) is 1.45. The molecule has 0 aliphatic carbocycles. The molecule has 1 aliphatic heterocycles. The van der Waals surface area contributed by atoms with E-state index in [4.69, 9.17) is 4.74 Å². The summed E-state index contributed by atoms with van der Waals surface area (Å²) < 4.78 is 31.4. The fourth-order valence-corrected chi connectivity index (χ4v) is 5.44. The molecule has 0 bridgehead atoms. The van der Waals surface area contributed by atoms with Crippen molar-refractivity contribution in [2.45, 2.75) is 52.3 Å². The van der Waals surface area contributed by atoms with E-state index >= 15 is 0 Å². The van der Waals surface area contributed by atoms with Gasteiger partial charge in [0.1, 0.15) is 18.6 Å². The van der Waals surface area contributed by atoms with Crippen LogP contribution >= 0.6 is 0 Å². The second-order valence-corrected chi connectivity index (χ2v) is 12.1. The van der Waals surface area contributed by atoms with Crippen LogP contribution in [0.3, 0.4) is 0 Å². The quantitative estimate of drug-likeness (QED) is 0.325. The molecule has 1 heterocycles. The van der Waals surface area contributed by atoms with E-state index in [0.717, 1.165) is 10.6 Å². The molecule has 10 nitrogen and oxygen atoms in total. The molecule has 11 heteroatoms. The van der Waals surface area contributed by atoms with Crippen LogP contribution in [0, 0.1) is 5.92 Å². The number of nitrogens with one attached hydrogen (secondary N) is 1. The van der Waals surface area contributed by atoms with Gasteiger partial charge >= 0.3 is 5.97 Å². The lowest BCUT2D eigenvalue weighted by molar-refractivity contribution is -0.157. The SMILES string of the molecule is CC(C)OC(=O)C(=O)[C@H](Cc1ccccc1)NC(=O)CN1C(=O)C(C(C)C)N(S(C)(=O)=O)C=C1c1ccccc1. The van der Waals surface area contributed by atoms with Gasteiger partial charge in [-0.05, 0) is 30.9 Å².